The number of rotatable bonds is 3. The molecule has 0 spiro atoms. The van der Waals surface area contributed by atoms with E-state index >= 15 is 0 Å². The third-order valence-electron chi connectivity index (χ3n) is 5.20. The van der Waals surface area contributed by atoms with Gasteiger partial charge in [-0.25, -0.2) is 4.79 Å². The van der Waals surface area contributed by atoms with Crippen molar-refractivity contribution >= 4 is 17.6 Å². The highest BCUT2D eigenvalue weighted by Gasteiger charge is 2.42. The van der Waals surface area contributed by atoms with Gasteiger partial charge in [0.15, 0.2) is 5.82 Å². The second kappa shape index (κ2) is 7.02. The third kappa shape index (κ3) is 3.39. The Bertz CT molecular complexity index is 845. The largest absolute Gasteiger partial charge is 0.354 e. The van der Waals surface area contributed by atoms with Gasteiger partial charge in [-0.15, -0.1) is 0 Å². The Hall–Kier alpha value is -2.90. The molecule has 3 amide bonds. The van der Waals surface area contributed by atoms with Gasteiger partial charge in [-0.3, -0.25) is 4.79 Å². The maximum atomic E-state index is 12.7. The lowest BCUT2D eigenvalue weighted by atomic mass is 9.92. The molecule has 2 saturated heterocycles. The van der Waals surface area contributed by atoms with Crippen molar-refractivity contribution in [3.63, 3.8) is 0 Å². The fourth-order valence-corrected chi connectivity index (χ4v) is 3.68. The minimum atomic E-state index is -0.172. The highest BCUT2D eigenvalue weighted by molar-refractivity contribution is 5.91. The third-order valence-corrected chi connectivity index (χ3v) is 5.20. The summed E-state index contributed by atoms with van der Waals surface area (Å²) >= 11 is 0. The monoisotopic (exact) mass is 369 g/mol. The van der Waals surface area contributed by atoms with Crippen LogP contribution in [0.2, 0.25) is 0 Å². The van der Waals surface area contributed by atoms with Gasteiger partial charge in [-0.05, 0) is 37.1 Å². The molecule has 2 atom stereocenters. The predicted molar refractivity (Wildman–Crippen MR) is 99.1 cm³/mol. The molecular formula is C19H23N5O3. The summed E-state index contributed by atoms with van der Waals surface area (Å²) in [6.07, 6.45) is 1.69. The molecular weight excluding hydrogens is 346 g/mol. The van der Waals surface area contributed by atoms with Crippen LogP contribution in [0.1, 0.15) is 38.4 Å². The number of carbonyl (C=O) groups is 2. The normalized spacial score (nSPS) is 21.9. The molecule has 1 aromatic heterocycles. The first kappa shape index (κ1) is 17.5. The Morgan fingerprint density at radius 2 is 2.11 bits per heavy atom. The van der Waals surface area contributed by atoms with E-state index in [9.17, 15) is 9.59 Å². The minimum absolute atomic E-state index is 0.0571. The number of urea groups is 1. The molecule has 2 fully saturated rings. The highest BCUT2D eigenvalue weighted by atomic mass is 16.5. The van der Waals surface area contributed by atoms with Crippen LogP contribution in [-0.2, 0) is 4.79 Å². The van der Waals surface area contributed by atoms with E-state index in [1.807, 2.05) is 38.1 Å². The average Bonchev–Trinajstić information content (AvgIpc) is 3.30. The average molecular weight is 369 g/mol. The Morgan fingerprint density at radius 3 is 2.81 bits per heavy atom. The summed E-state index contributed by atoms with van der Waals surface area (Å²) in [6, 6.07) is 7.07. The Balaban J connectivity index is 1.43. The molecule has 2 aliphatic heterocycles. The predicted octanol–water partition coefficient (Wildman–Crippen LogP) is 2.60. The standard InChI is InChI=1S/C19H23N5O3/c1-11(2)16-22-18(27-23-16)12-5-7-13(8-6-12)21-19(26)24-9-3-4-14-15(24)10-20-17(14)25/h5-8,11,14-15H,3-4,9-10H2,1-2H3,(H,20,25)(H,21,26)/t14-,15-/m1/s1. The van der Waals surface area contributed by atoms with Crippen LogP contribution in [0, 0.1) is 5.92 Å². The molecule has 3 heterocycles. The second-order valence-electron chi connectivity index (χ2n) is 7.37. The van der Waals surface area contributed by atoms with Crippen molar-refractivity contribution in [1.29, 1.82) is 0 Å². The molecule has 2 N–H and O–H groups in total. The zero-order valence-corrected chi connectivity index (χ0v) is 15.4. The van der Waals surface area contributed by atoms with Gasteiger partial charge in [0.2, 0.25) is 5.91 Å². The van der Waals surface area contributed by atoms with Crippen molar-refractivity contribution in [3.05, 3.63) is 30.1 Å². The van der Waals surface area contributed by atoms with Crippen molar-refractivity contribution in [1.82, 2.24) is 20.4 Å². The van der Waals surface area contributed by atoms with Gasteiger partial charge in [0, 0.05) is 30.3 Å². The van der Waals surface area contributed by atoms with E-state index in [1.165, 1.54) is 0 Å². The molecule has 8 nitrogen and oxygen atoms in total. The first-order valence-electron chi connectivity index (χ1n) is 9.32. The molecule has 0 bridgehead atoms. The van der Waals surface area contributed by atoms with E-state index in [2.05, 4.69) is 20.8 Å². The van der Waals surface area contributed by atoms with Gasteiger partial charge in [0.05, 0.1) is 12.0 Å². The Kier molecular flexibility index (Phi) is 4.55. The van der Waals surface area contributed by atoms with Crippen LogP contribution >= 0.6 is 0 Å². The van der Waals surface area contributed by atoms with E-state index in [0.717, 1.165) is 18.4 Å². The fourth-order valence-electron chi connectivity index (χ4n) is 3.68. The van der Waals surface area contributed by atoms with E-state index < -0.39 is 0 Å². The van der Waals surface area contributed by atoms with Crippen molar-refractivity contribution < 1.29 is 14.1 Å². The van der Waals surface area contributed by atoms with Gasteiger partial charge in [0.25, 0.3) is 5.89 Å². The number of amides is 3. The molecule has 0 unspecified atom stereocenters. The number of carbonyl (C=O) groups excluding carboxylic acids is 2. The Morgan fingerprint density at radius 1 is 1.33 bits per heavy atom. The smallest absolute Gasteiger partial charge is 0.322 e. The number of nitrogens with zero attached hydrogens (tertiary/aromatic N) is 3. The lowest BCUT2D eigenvalue weighted by molar-refractivity contribution is -0.123. The summed E-state index contributed by atoms with van der Waals surface area (Å²) in [5.74, 6) is 1.31. The number of likely N-dealkylation sites (tertiary alicyclic amines) is 1. The molecule has 0 radical (unpaired) electrons. The number of fused-ring (bicyclic) bond motifs is 1. The lowest BCUT2D eigenvalue weighted by Crippen LogP contribution is -2.50. The molecule has 1 aromatic carbocycles. The van der Waals surface area contributed by atoms with Crippen LogP contribution in [0.3, 0.4) is 0 Å². The van der Waals surface area contributed by atoms with E-state index in [1.54, 1.807) is 4.90 Å². The van der Waals surface area contributed by atoms with Crippen LogP contribution < -0.4 is 10.6 Å². The van der Waals surface area contributed by atoms with Gasteiger partial charge in [0.1, 0.15) is 0 Å². The van der Waals surface area contributed by atoms with Crippen molar-refractivity contribution in [2.45, 2.75) is 38.6 Å². The SMILES string of the molecule is CC(C)c1noc(-c2ccc(NC(=O)N3CCC[C@H]4C(=O)NC[C@H]43)cc2)n1. The quantitative estimate of drug-likeness (QED) is 0.866. The minimum Gasteiger partial charge on any atom is -0.354 e. The van der Waals surface area contributed by atoms with Crippen LogP contribution in [0.25, 0.3) is 11.5 Å². The molecule has 0 saturated carbocycles. The molecule has 27 heavy (non-hydrogen) atoms. The number of nitrogens with one attached hydrogen (secondary N) is 2. The number of aromatic nitrogens is 2. The summed E-state index contributed by atoms with van der Waals surface area (Å²) in [6.45, 7) is 5.21. The van der Waals surface area contributed by atoms with Crippen LogP contribution in [0.5, 0.6) is 0 Å². The maximum Gasteiger partial charge on any atom is 0.322 e. The zero-order chi connectivity index (χ0) is 19.0. The maximum absolute atomic E-state index is 12.7. The summed E-state index contributed by atoms with van der Waals surface area (Å²) in [5, 5.41) is 9.75. The highest BCUT2D eigenvalue weighted by Crippen LogP contribution is 2.28. The number of hydrogen-bond acceptors (Lipinski definition) is 5. The van der Waals surface area contributed by atoms with E-state index in [0.29, 0.717) is 30.5 Å². The van der Waals surface area contributed by atoms with Crippen LogP contribution in [-0.4, -0.2) is 46.1 Å². The van der Waals surface area contributed by atoms with E-state index in [4.69, 9.17) is 4.52 Å². The lowest BCUT2D eigenvalue weighted by Gasteiger charge is -2.35. The number of hydrogen-bond donors (Lipinski definition) is 2. The van der Waals surface area contributed by atoms with Crippen LogP contribution in [0.15, 0.2) is 28.8 Å². The molecule has 142 valence electrons. The van der Waals surface area contributed by atoms with Gasteiger partial charge < -0.3 is 20.1 Å². The molecule has 2 aliphatic rings. The summed E-state index contributed by atoms with van der Waals surface area (Å²) in [7, 11) is 0. The number of piperidine rings is 1. The van der Waals surface area contributed by atoms with Gasteiger partial charge in [-0.1, -0.05) is 19.0 Å². The van der Waals surface area contributed by atoms with Gasteiger partial charge in [-0.2, -0.15) is 4.98 Å². The molecule has 2 aromatic rings. The molecule has 4 rings (SSSR count). The summed E-state index contributed by atoms with van der Waals surface area (Å²) < 4.78 is 5.29. The van der Waals surface area contributed by atoms with Crippen molar-refractivity contribution in [2.24, 2.45) is 5.92 Å². The van der Waals surface area contributed by atoms with Crippen LogP contribution in [0.4, 0.5) is 10.5 Å². The fraction of sp³-hybridized carbons (Fsp3) is 0.474. The molecule has 8 heteroatoms. The van der Waals surface area contributed by atoms with Crippen molar-refractivity contribution in [3.8, 4) is 11.5 Å². The number of benzene rings is 1. The topological polar surface area (TPSA) is 100 Å². The summed E-state index contributed by atoms with van der Waals surface area (Å²) in [5.41, 5.74) is 1.49. The second-order valence-corrected chi connectivity index (χ2v) is 7.37. The van der Waals surface area contributed by atoms with E-state index in [-0.39, 0.29) is 29.8 Å². The summed E-state index contributed by atoms with van der Waals surface area (Å²) in [4.78, 5) is 30.7. The number of anilines is 1. The zero-order valence-electron chi connectivity index (χ0n) is 15.4. The van der Waals surface area contributed by atoms with Crippen molar-refractivity contribution in [2.75, 3.05) is 18.4 Å². The Labute approximate surface area is 157 Å². The molecule has 0 aliphatic carbocycles. The first-order valence-corrected chi connectivity index (χ1v) is 9.32. The first-order chi connectivity index (χ1) is 13.0. The van der Waals surface area contributed by atoms with Gasteiger partial charge >= 0.3 is 6.03 Å².